The van der Waals surface area contributed by atoms with E-state index >= 15 is 0 Å². The van der Waals surface area contributed by atoms with Crippen molar-refractivity contribution in [2.24, 2.45) is 4.99 Å². The highest BCUT2D eigenvalue weighted by Crippen LogP contribution is 2.13. The number of nitrogens with zero attached hydrogens (tertiary/aromatic N) is 4. The second kappa shape index (κ2) is 11.9. The number of nitrogens with one attached hydrogen (secondary N) is 2. The minimum Gasteiger partial charge on any atom is -0.377 e. The van der Waals surface area contributed by atoms with Crippen LogP contribution >= 0.6 is 35.7 Å². The molecule has 1 unspecified atom stereocenters. The van der Waals surface area contributed by atoms with Gasteiger partial charge >= 0.3 is 0 Å². The number of ether oxygens (including phenoxy) is 1. The number of aryl methyl sites for hydroxylation is 1. The number of aliphatic imine (C=N–C) groups is 1. The maximum Gasteiger partial charge on any atom is 0.191 e. The summed E-state index contributed by atoms with van der Waals surface area (Å²) in [5.74, 6) is 3.91. The van der Waals surface area contributed by atoms with E-state index in [9.17, 15) is 0 Å². The smallest absolute Gasteiger partial charge is 0.191 e. The molecule has 0 aromatic carbocycles. The fourth-order valence-corrected chi connectivity index (χ4v) is 3.13. The molecule has 2 rings (SSSR count). The Bertz CT molecular complexity index is 510. The van der Waals surface area contributed by atoms with Gasteiger partial charge in [0.15, 0.2) is 11.8 Å². The molecule has 1 aliphatic heterocycles. The van der Waals surface area contributed by atoms with Gasteiger partial charge in [-0.25, -0.2) is 9.67 Å². The van der Waals surface area contributed by atoms with Crippen LogP contribution in [0.15, 0.2) is 4.99 Å². The summed E-state index contributed by atoms with van der Waals surface area (Å²) in [4.78, 5) is 8.82. The van der Waals surface area contributed by atoms with Crippen molar-refractivity contribution in [2.75, 3.05) is 32.7 Å². The number of methoxy groups -OCH3 is 1. The molecule has 1 aliphatic rings. The van der Waals surface area contributed by atoms with Crippen LogP contribution < -0.4 is 10.6 Å². The quantitative estimate of drug-likeness (QED) is 0.262. The molecule has 0 radical (unpaired) electrons. The van der Waals surface area contributed by atoms with E-state index in [1.54, 1.807) is 7.11 Å². The zero-order valence-corrected chi connectivity index (χ0v) is 17.9. The molecular formula is C15H29IN6OS. The van der Waals surface area contributed by atoms with Gasteiger partial charge in [0, 0.05) is 33.2 Å². The van der Waals surface area contributed by atoms with Crippen molar-refractivity contribution in [3.8, 4) is 0 Å². The van der Waals surface area contributed by atoms with Gasteiger partial charge in [0.25, 0.3) is 0 Å². The maximum atomic E-state index is 5.10. The summed E-state index contributed by atoms with van der Waals surface area (Å²) in [5, 5.41) is 11.4. The predicted molar refractivity (Wildman–Crippen MR) is 110 cm³/mol. The minimum atomic E-state index is 0. The van der Waals surface area contributed by atoms with Crippen molar-refractivity contribution < 1.29 is 4.74 Å². The number of hydrogen-bond donors (Lipinski definition) is 2. The Kier molecular flexibility index (Phi) is 10.7. The topological polar surface area (TPSA) is 76.4 Å². The highest BCUT2D eigenvalue weighted by molar-refractivity contribution is 14.0. The predicted octanol–water partition coefficient (Wildman–Crippen LogP) is 1.67. The van der Waals surface area contributed by atoms with Gasteiger partial charge < -0.3 is 15.4 Å². The summed E-state index contributed by atoms with van der Waals surface area (Å²) in [6.45, 7) is 2.25. The summed E-state index contributed by atoms with van der Waals surface area (Å²) < 4.78 is 7.09. The van der Waals surface area contributed by atoms with Gasteiger partial charge in [-0.2, -0.15) is 16.9 Å². The van der Waals surface area contributed by atoms with Gasteiger partial charge in [-0.1, -0.05) is 0 Å². The second-order valence-electron chi connectivity index (χ2n) is 5.64. The average molecular weight is 468 g/mol. The zero-order valence-electron chi connectivity index (χ0n) is 14.7. The van der Waals surface area contributed by atoms with Crippen LogP contribution in [0, 0.1) is 0 Å². The highest BCUT2D eigenvalue weighted by Gasteiger charge is 2.22. The van der Waals surface area contributed by atoms with Crippen molar-refractivity contribution in [1.29, 1.82) is 0 Å². The van der Waals surface area contributed by atoms with Crippen molar-refractivity contribution in [1.82, 2.24) is 25.4 Å². The summed E-state index contributed by atoms with van der Waals surface area (Å²) >= 11 is 1.90. The standard InChI is InChI=1S/C15H28N6OS.HI/c1-16-15(17-8-4-5-9-23-3)18-12-6-7-14-19-13(11-22-2)20-21(14)10-12;/h12H,4-11H2,1-3H3,(H2,16,17,18);1H. The molecule has 0 spiro atoms. The van der Waals surface area contributed by atoms with E-state index < -0.39 is 0 Å². The maximum absolute atomic E-state index is 5.10. The fourth-order valence-electron chi connectivity index (χ4n) is 2.63. The number of halogens is 1. The first-order valence-corrected chi connectivity index (χ1v) is 9.54. The number of rotatable bonds is 8. The summed E-state index contributed by atoms with van der Waals surface area (Å²) in [7, 11) is 3.48. The highest BCUT2D eigenvalue weighted by atomic mass is 127. The van der Waals surface area contributed by atoms with Crippen LogP contribution in [0.25, 0.3) is 0 Å². The molecule has 1 aromatic heterocycles. The lowest BCUT2D eigenvalue weighted by Crippen LogP contribution is -2.47. The van der Waals surface area contributed by atoms with Crippen LogP contribution in [-0.2, 0) is 24.3 Å². The second-order valence-corrected chi connectivity index (χ2v) is 6.62. The van der Waals surface area contributed by atoms with Gasteiger partial charge in [-0.3, -0.25) is 4.99 Å². The molecule has 0 fully saturated rings. The molecule has 0 bridgehead atoms. The van der Waals surface area contributed by atoms with Crippen molar-refractivity contribution >= 4 is 41.7 Å². The SMILES string of the molecule is CN=C(NCCCCSC)NC1CCc2nc(COC)nn2C1.I. The molecule has 2 N–H and O–H groups in total. The van der Waals surface area contributed by atoms with Crippen LogP contribution in [0.1, 0.15) is 30.9 Å². The Hall–Kier alpha value is -0.550. The summed E-state index contributed by atoms with van der Waals surface area (Å²) in [5.41, 5.74) is 0. The van der Waals surface area contributed by atoms with E-state index in [1.807, 2.05) is 23.5 Å². The molecule has 1 atom stereocenters. The number of fused-ring (bicyclic) bond motifs is 1. The number of aromatic nitrogens is 3. The Morgan fingerprint density at radius 2 is 2.29 bits per heavy atom. The van der Waals surface area contributed by atoms with Gasteiger partial charge in [-0.15, -0.1) is 24.0 Å². The summed E-state index contributed by atoms with van der Waals surface area (Å²) in [6.07, 6.45) is 6.52. The molecular weight excluding hydrogens is 439 g/mol. The third kappa shape index (κ3) is 6.75. The Labute approximate surface area is 165 Å². The normalized spacial score (nSPS) is 17.1. The first-order valence-electron chi connectivity index (χ1n) is 8.14. The van der Waals surface area contributed by atoms with Crippen LogP contribution in [0.4, 0.5) is 0 Å². The first-order chi connectivity index (χ1) is 11.3. The lowest BCUT2D eigenvalue weighted by Gasteiger charge is -2.25. The Balaban J connectivity index is 0.00000288. The lowest BCUT2D eigenvalue weighted by molar-refractivity contribution is 0.177. The third-order valence-electron chi connectivity index (χ3n) is 3.81. The lowest BCUT2D eigenvalue weighted by atomic mass is 10.1. The molecule has 0 saturated carbocycles. The van der Waals surface area contributed by atoms with E-state index in [-0.39, 0.29) is 24.0 Å². The van der Waals surface area contributed by atoms with Crippen LogP contribution in [0.3, 0.4) is 0 Å². The Morgan fingerprint density at radius 3 is 3.00 bits per heavy atom. The monoisotopic (exact) mass is 468 g/mol. The van der Waals surface area contributed by atoms with Crippen molar-refractivity contribution in [2.45, 2.75) is 44.9 Å². The van der Waals surface area contributed by atoms with Gasteiger partial charge in [0.1, 0.15) is 12.4 Å². The van der Waals surface area contributed by atoms with Crippen molar-refractivity contribution in [3.63, 3.8) is 0 Å². The molecule has 1 aromatic rings. The first kappa shape index (κ1) is 21.5. The molecule has 0 amide bonds. The average Bonchev–Trinajstić information content (AvgIpc) is 2.95. The number of thioether (sulfide) groups is 1. The van der Waals surface area contributed by atoms with Crippen molar-refractivity contribution in [3.05, 3.63) is 11.6 Å². The number of unbranched alkanes of at least 4 members (excludes halogenated alkanes) is 1. The largest absolute Gasteiger partial charge is 0.377 e. The number of guanidine groups is 1. The van der Waals surface area contributed by atoms with E-state index in [2.05, 4.69) is 32.0 Å². The summed E-state index contributed by atoms with van der Waals surface area (Å²) in [6, 6.07) is 0.331. The molecule has 7 nitrogen and oxygen atoms in total. The van der Waals surface area contributed by atoms with Crippen LogP contribution in [0.5, 0.6) is 0 Å². The number of hydrogen-bond acceptors (Lipinski definition) is 5. The van der Waals surface area contributed by atoms with E-state index in [4.69, 9.17) is 4.74 Å². The van der Waals surface area contributed by atoms with E-state index in [0.717, 1.165) is 43.5 Å². The van der Waals surface area contributed by atoms with Gasteiger partial charge in [0.2, 0.25) is 0 Å². The van der Waals surface area contributed by atoms with Gasteiger partial charge in [-0.05, 0) is 31.3 Å². The Morgan fingerprint density at radius 1 is 1.46 bits per heavy atom. The van der Waals surface area contributed by atoms with E-state index in [1.165, 1.54) is 18.6 Å². The molecule has 9 heteroatoms. The van der Waals surface area contributed by atoms with Crippen LogP contribution in [0.2, 0.25) is 0 Å². The molecule has 2 heterocycles. The third-order valence-corrected chi connectivity index (χ3v) is 4.50. The molecule has 0 saturated heterocycles. The molecule has 138 valence electrons. The van der Waals surface area contributed by atoms with Gasteiger partial charge in [0.05, 0.1) is 6.54 Å². The zero-order chi connectivity index (χ0) is 16.5. The van der Waals surface area contributed by atoms with E-state index in [0.29, 0.717) is 12.6 Å². The fraction of sp³-hybridized carbons (Fsp3) is 0.800. The van der Waals surface area contributed by atoms with Crippen LogP contribution in [-0.4, -0.2) is 59.5 Å². The molecule has 24 heavy (non-hydrogen) atoms. The minimum absolute atomic E-state index is 0. The molecule has 0 aliphatic carbocycles.